The Kier molecular flexibility index (Phi) is 12.0. The average Bonchev–Trinajstić information content (AvgIpc) is 3.56. The number of aromatic hydroxyl groups is 2. The molecule has 2 aromatic carbocycles. The van der Waals surface area contributed by atoms with E-state index in [9.17, 15) is 20.4 Å². The number of benzene rings is 2. The third-order valence-corrected chi connectivity index (χ3v) is 12.3. The van der Waals surface area contributed by atoms with Crippen molar-refractivity contribution in [3.05, 3.63) is 70.8 Å². The summed E-state index contributed by atoms with van der Waals surface area (Å²) in [6, 6.07) is 8.45. The molecule has 0 aromatic heterocycles. The maximum atomic E-state index is 10.4. The van der Waals surface area contributed by atoms with Gasteiger partial charge in [0.1, 0.15) is 24.4 Å². The van der Waals surface area contributed by atoms with Crippen LogP contribution in [0.4, 0.5) is 0 Å². The minimum atomic E-state index is -4.67. The van der Waals surface area contributed by atoms with Gasteiger partial charge in [-0.05, 0) is 76.1 Å². The van der Waals surface area contributed by atoms with Gasteiger partial charge < -0.3 is 67.1 Å². The van der Waals surface area contributed by atoms with E-state index in [0.29, 0.717) is 35.4 Å². The summed E-state index contributed by atoms with van der Waals surface area (Å²) >= 11 is 0. The molecule has 16 N–H and O–H groups in total. The fourth-order valence-electron chi connectivity index (χ4n) is 10.5. The van der Waals surface area contributed by atoms with Gasteiger partial charge in [0.2, 0.25) is 0 Å². The van der Waals surface area contributed by atoms with Gasteiger partial charge in [0.05, 0.1) is 0 Å². The van der Waals surface area contributed by atoms with Gasteiger partial charge in [-0.1, -0.05) is 36.4 Å². The number of ether oxygens (including phenoxy) is 2. The molecule has 8 aliphatic rings. The molecule has 17 nitrogen and oxygen atoms in total. The van der Waals surface area contributed by atoms with Gasteiger partial charge >= 0.3 is 10.4 Å². The second kappa shape index (κ2) is 14.5. The van der Waals surface area contributed by atoms with Crippen LogP contribution in [0.15, 0.2) is 48.6 Å². The number of likely N-dealkylation sites (tertiary alicyclic amines) is 2. The Morgan fingerprint density at radius 3 is 1.35 bits per heavy atom. The molecular formula is C34H50N2O15S. The van der Waals surface area contributed by atoms with E-state index < -0.39 is 22.6 Å². The maximum absolute atomic E-state index is 10.4. The van der Waals surface area contributed by atoms with Crippen molar-refractivity contribution < 1.29 is 74.8 Å². The predicted octanol–water partition coefficient (Wildman–Crippen LogP) is -2.38. The van der Waals surface area contributed by atoms with Crippen LogP contribution in [0.5, 0.6) is 23.0 Å². The molecule has 0 amide bonds. The van der Waals surface area contributed by atoms with Crippen molar-refractivity contribution in [2.24, 2.45) is 11.8 Å². The van der Waals surface area contributed by atoms with Gasteiger partial charge in [-0.15, -0.1) is 0 Å². The molecule has 10 atom stereocenters. The van der Waals surface area contributed by atoms with E-state index in [4.69, 9.17) is 27.0 Å². The molecule has 4 aliphatic carbocycles. The van der Waals surface area contributed by atoms with Crippen molar-refractivity contribution in [1.29, 1.82) is 0 Å². The lowest BCUT2D eigenvalue weighted by atomic mass is 9.53. The number of likely N-dealkylation sites (N-methyl/N-ethyl adjacent to an activating group) is 2. The first-order valence-corrected chi connectivity index (χ1v) is 17.5. The first-order valence-electron chi connectivity index (χ1n) is 16.1. The van der Waals surface area contributed by atoms with Gasteiger partial charge in [0.25, 0.3) is 0 Å². The lowest BCUT2D eigenvalue weighted by molar-refractivity contribution is -0.0453. The molecule has 2 aromatic rings. The van der Waals surface area contributed by atoms with Crippen LogP contribution in [0, 0.1) is 11.8 Å². The van der Waals surface area contributed by atoms with E-state index >= 15 is 0 Å². The van der Waals surface area contributed by atoms with Crippen LogP contribution in [0.2, 0.25) is 0 Å². The number of piperidine rings is 2. The lowest BCUT2D eigenvalue weighted by Gasteiger charge is -2.56. The second-order valence-electron chi connectivity index (χ2n) is 14.3. The van der Waals surface area contributed by atoms with Crippen molar-refractivity contribution in [3.63, 3.8) is 0 Å². The van der Waals surface area contributed by atoms with Crippen molar-refractivity contribution in [3.8, 4) is 23.0 Å². The summed E-state index contributed by atoms with van der Waals surface area (Å²) in [6.07, 6.45) is 10.4. The van der Waals surface area contributed by atoms with Crippen LogP contribution in [-0.4, -0.2) is 139 Å². The summed E-state index contributed by atoms with van der Waals surface area (Å²) in [4.78, 5) is 4.87. The SMILES string of the molecule is CN1CC[C@]23c4c5ccc(O)c4O[C@H]2[C@@H](O)C=C[C@H]3[C@H]1C5.CN1CC[C@]23c4c5ccc(O)c4O[C@H]2[C@@H](O)C=C[C@H]3[C@H]1C5.O.O.O.O.O.O=S(=O)(O)O. The Hall–Kier alpha value is -3.37. The quantitative estimate of drug-likeness (QED) is 0.121. The molecule has 0 unspecified atom stereocenters. The molecule has 10 rings (SSSR count). The van der Waals surface area contributed by atoms with Gasteiger partial charge in [0, 0.05) is 45.9 Å². The first kappa shape index (κ1) is 43.0. The van der Waals surface area contributed by atoms with E-state index in [-0.39, 0.29) is 61.9 Å². The van der Waals surface area contributed by atoms with Gasteiger partial charge in [-0.25, -0.2) is 0 Å². The Morgan fingerprint density at radius 2 is 1.00 bits per heavy atom. The Balaban J connectivity index is 0.000000229. The van der Waals surface area contributed by atoms with Gasteiger partial charge in [-0.3, -0.25) is 9.11 Å². The smallest absolute Gasteiger partial charge is 0.394 e. The summed E-state index contributed by atoms with van der Waals surface area (Å²) in [5.74, 6) is 2.38. The molecule has 52 heavy (non-hydrogen) atoms. The molecule has 4 bridgehead atoms. The minimum Gasteiger partial charge on any atom is -0.504 e. The van der Waals surface area contributed by atoms with E-state index in [1.807, 2.05) is 24.3 Å². The zero-order chi connectivity index (χ0) is 33.2. The number of phenols is 2. The molecule has 2 spiro atoms. The minimum absolute atomic E-state index is 0. The topological polar surface area (TPSA) is 338 Å². The highest BCUT2D eigenvalue weighted by molar-refractivity contribution is 7.79. The molecular weight excluding hydrogens is 708 g/mol. The highest BCUT2D eigenvalue weighted by atomic mass is 32.3. The van der Waals surface area contributed by atoms with Gasteiger partial charge in [0.15, 0.2) is 23.0 Å². The number of aliphatic hydroxyl groups is 2. The Bertz CT molecular complexity index is 1700. The van der Waals surface area contributed by atoms with Crippen LogP contribution in [0.25, 0.3) is 0 Å². The molecule has 18 heteroatoms. The normalized spacial score (nSPS) is 35.5. The van der Waals surface area contributed by atoms with Crippen LogP contribution >= 0.6 is 0 Å². The molecule has 2 saturated heterocycles. The third-order valence-electron chi connectivity index (χ3n) is 12.3. The molecule has 2 fully saturated rings. The average molecular weight is 759 g/mol. The van der Waals surface area contributed by atoms with Crippen molar-refractivity contribution in [2.45, 2.75) is 73.0 Å². The number of hydrogen-bond acceptors (Lipinski definition) is 10. The van der Waals surface area contributed by atoms with Crippen LogP contribution in [0.3, 0.4) is 0 Å². The number of hydrogen-bond donors (Lipinski definition) is 6. The number of phenolic OH excluding ortho intramolecular Hbond substituents is 2. The van der Waals surface area contributed by atoms with Crippen LogP contribution < -0.4 is 9.47 Å². The Morgan fingerprint density at radius 1 is 0.654 bits per heavy atom. The summed E-state index contributed by atoms with van der Waals surface area (Å²) in [7, 11) is -0.291. The van der Waals surface area contributed by atoms with Gasteiger partial charge in [-0.2, -0.15) is 8.42 Å². The third kappa shape index (κ3) is 5.87. The largest absolute Gasteiger partial charge is 0.504 e. The van der Waals surface area contributed by atoms with E-state index in [2.05, 4.69) is 36.0 Å². The molecule has 4 aliphatic heterocycles. The number of nitrogens with zero attached hydrogens (tertiary/aromatic N) is 2. The fraction of sp³-hybridized carbons (Fsp3) is 0.529. The molecule has 4 heterocycles. The van der Waals surface area contributed by atoms with E-state index in [1.54, 1.807) is 12.1 Å². The predicted molar refractivity (Wildman–Crippen MR) is 187 cm³/mol. The summed E-state index contributed by atoms with van der Waals surface area (Å²) in [6.45, 7) is 2.02. The molecule has 0 radical (unpaired) electrons. The lowest BCUT2D eigenvalue weighted by Crippen LogP contribution is -2.64. The van der Waals surface area contributed by atoms with Crippen molar-refractivity contribution in [1.82, 2.24) is 9.80 Å². The number of aliphatic hydroxyl groups excluding tert-OH is 2. The Labute approximate surface area is 300 Å². The van der Waals surface area contributed by atoms with E-state index in [0.717, 1.165) is 38.8 Å². The second-order valence-corrected chi connectivity index (χ2v) is 15.2. The monoisotopic (exact) mass is 758 g/mol. The zero-order valence-electron chi connectivity index (χ0n) is 28.6. The van der Waals surface area contributed by atoms with E-state index in [1.165, 1.54) is 22.3 Å². The summed E-state index contributed by atoms with van der Waals surface area (Å²) < 4.78 is 43.8. The maximum Gasteiger partial charge on any atom is 0.394 e. The van der Waals surface area contributed by atoms with Crippen molar-refractivity contribution in [2.75, 3.05) is 27.2 Å². The van der Waals surface area contributed by atoms with Crippen molar-refractivity contribution >= 4 is 10.4 Å². The highest BCUT2D eigenvalue weighted by Crippen LogP contribution is 2.63. The van der Waals surface area contributed by atoms with Crippen LogP contribution in [-0.2, 0) is 34.1 Å². The summed E-state index contributed by atoms with van der Waals surface area (Å²) in [5, 5.41) is 41.3. The summed E-state index contributed by atoms with van der Waals surface area (Å²) in [5.41, 5.74) is 4.58. The van der Waals surface area contributed by atoms with Crippen LogP contribution in [0.1, 0.15) is 35.1 Å². The first-order chi connectivity index (χ1) is 22.3. The zero-order valence-corrected chi connectivity index (χ0v) is 29.4. The standard InChI is InChI=1S/2C17H19NO3.H2O4S.5H2O/c2*1-18-7-6-17-10-3-5-13(20)16(17)21-15-12(19)4-2-9(14(15)17)8-11(10)18;1-5(2,3)4;;;;;/h2*2-5,10-11,13,16,19-20H,6-8H2,1H3;(H2,1,2,3,4);5*1H2/t2*10-,11+,13-,16-,17-;;;;;;/m00....../s1. The fourth-order valence-corrected chi connectivity index (χ4v) is 10.5. The number of rotatable bonds is 0. The molecule has 0 saturated carbocycles. The highest BCUT2D eigenvalue weighted by Gasteiger charge is 2.65. The molecule has 292 valence electrons.